The Morgan fingerprint density at radius 2 is 1.90 bits per heavy atom. The van der Waals surface area contributed by atoms with Crippen LogP contribution in [0.2, 0.25) is 0 Å². The lowest BCUT2D eigenvalue weighted by Crippen LogP contribution is -2.11. The third kappa shape index (κ3) is 2.91. The molecule has 21 heavy (non-hydrogen) atoms. The molecule has 1 heterocycles. The van der Waals surface area contributed by atoms with E-state index in [4.69, 9.17) is 0 Å². The van der Waals surface area contributed by atoms with E-state index in [1.165, 1.54) is 23.9 Å². The zero-order valence-corrected chi connectivity index (χ0v) is 12.2. The number of tetrazole rings is 1. The minimum Gasteiger partial charge on any atom is -0.218 e. The second-order valence-corrected chi connectivity index (χ2v) is 7.47. The highest BCUT2D eigenvalue weighted by Crippen LogP contribution is 2.38. The summed E-state index contributed by atoms with van der Waals surface area (Å²) in [4.78, 5) is 0.281. The second-order valence-electron chi connectivity index (χ2n) is 4.52. The van der Waals surface area contributed by atoms with Crippen molar-refractivity contribution in [1.82, 2.24) is 20.2 Å². The molecule has 1 aromatic heterocycles. The smallest absolute Gasteiger partial charge is 0.218 e. The first kappa shape index (κ1) is 14.4. The molecule has 112 valence electrons. The van der Waals surface area contributed by atoms with Crippen LogP contribution in [0.5, 0.6) is 0 Å². The van der Waals surface area contributed by atoms with Crippen molar-refractivity contribution in [2.75, 3.05) is 0 Å². The number of alkyl halides is 2. The van der Waals surface area contributed by atoms with Crippen LogP contribution in [0, 0.1) is 0 Å². The lowest BCUT2D eigenvalue weighted by molar-refractivity contribution is 0.234. The van der Waals surface area contributed by atoms with Crippen molar-refractivity contribution in [2.24, 2.45) is 0 Å². The van der Waals surface area contributed by atoms with Gasteiger partial charge in [-0.3, -0.25) is 0 Å². The Hall–Kier alpha value is -1.55. The topological polar surface area (TPSA) is 77.7 Å². The third-order valence-corrected chi connectivity index (χ3v) is 5.31. The van der Waals surface area contributed by atoms with Gasteiger partial charge in [-0.15, -0.1) is 5.10 Å². The predicted molar refractivity (Wildman–Crippen MR) is 69.8 cm³/mol. The zero-order valence-electron chi connectivity index (χ0n) is 10.6. The zero-order chi connectivity index (χ0) is 15.0. The van der Waals surface area contributed by atoms with Crippen molar-refractivity contribution in [3.05, 3.63) is 24.3 Å². The third-order valence-electron chi connectivity index (χ3n) is 2.95. The number of hydrogen-bond donors (Lipinski definition) is 0. The van der Waals surface area contributed by atoms with Gasteiger partial charge in [-0.1, -0.05) is 0 Å². The average Bonchev–Trinajstić information content (AvgIpc) is 3.20. The van der Waals surface area contributed by atoms with Crippen LogP contribution in [0.25, 0.3) is 0 Å². The van der Waals surface area contributed by atoms with Gasteiger partial charge in [-0.05, 0) is 59.3 Å². The van der Waals surface area contributed by atoms with E-state index in [2.05, 4.69) is 15.5 Å². The molecule has 2 aromatic rings. The average molecular weight is 332 g/mol. The molecular weight excluding hydrogens is 322 g/mol. The SMILES string of the molecule is O=S(=O)(c1ccc(Sc2nnnn2C2CC2)cc1)C(F)F. The monoisotopic (exact) mass is 332 g/mol. The summed E-state index contributed by atoms with van der Waals surface area (Å²) in [6.07, 6.45) is 2.06. The minimum absolute atomic E-state index is 0.320. The van der Waals surface area contributed by atoms with Crippen LogP contribution >= 0.6 is 11.8 Å². The van der Waals surface area contributed by atoms with Gasteiger partial charge in [0.1, 0.15) is 0 Å². The van der Waals surface area contributed by atoms with E-state index >= 15 is 0 Å². The molecular formula is C11H10F2N4O2S2. The molecule has 0 radical (unpaired) electrons. The first-order valence-corrected chi connectivity index (χ1v) is 8.42. The van der Waals surface area contributed by atoms with Gasteiger partial charge in [0.05, 0.1) is 10.9 Å². The summed E-state index contributed by atoms with van der Waals surface area (Å²) in [6.45, 7) is 0. The van der Waals surface area contributed by atoms with Gasteiger partial charge in [0, 0.05) is 4.90 Å². The maximum atomic E-state index is 12.4. The fourth-order valence-electron chi connectivity index (χ4n) is 1.71. The standard InChI is InChI=1S/C11H10F2N4O2S2/c12-10(13)21(18,19)9-5-3-8(4-6-9)20-11-14-15-16-17(11)7-1-2-7/h3-7,10H,1-2H2. The van der Waals surface area contributed by atoms with Gasteiger partial charge in [0.25, 0.3) is 0 Å². The Bertz CT molecular complexity index is 742. The normalized spacial score (nSPS) is 15.6. The van der Waals surface area contributed by atoms with Gasteiger partial charge >= 0.3 is 5.76 Å². The van der Waals surface area contributed by atoms with Gasteiger partial charge < -0.3 is 0 Å². The Morgan fingerprint density at radius 3 is 2.48 bits per heavy atom. The Balaban J connectivity index is 1.80. The van der Waals surface area contributed by atoms with Gasteiger partial charge in [0.2, 0.25) is 15.0 Å². The molecule has 0 N–H and O–H groups in total. The van der Waals surface area contributed by atoms with Crippen LogP contribution in [-0.4, -0.2) is 34.4 Å². The van der Waals surface area contributed by atoms with Crippen LogP contribution in [0.1, 0.15) is 18.9 Å². The van der Waals surface area contributed by atoms with E-state index in [0.717, 1.165) is 25.0 Å². The molecule has 6 nitrogen and oxygen atoms in total. The molecule has 3 rings (SSSR count). The molecule has 0 amide bonds. The Labute approximate surface area is 123 Å². The Kier molecular flexibility index (Phi) is 3.66. The summed E-state index contributed by atoms with van der Waals surface area (Å²) in [5.41, 5.74) is 0. The fourth-order valence-corrected chi connectivity index (χ4v) is 3.27. The maximum absolute atomic E-state index is 12.4. The highest BCUT2D eigenvalue weighted by atomic mass is 32.2. The summed E-state index contributed by atoms with van der Waals surface area (Å²) >= 11 is 1.26. The van der Waals surface area contributed by atoms with E-state index in [0.29, 0.717) is 16.1 Å². The van der Waals surface area contributed by atoms with Crippen molar-refractivity contribution in [2.45, 2.75) is 39.6 Å². The number of rotatable bonds is 5. The molecule has 0 bridgehead atoms. The second kappa shape index (κ2) is 5.34. The van der Waals surface area contributed by atoms with E-state index in [9.17, 15) is 17.2 Å². The first-order chi connectivity index (χ1) is 9.98. The quantitative estimate of drug-likeness (QED) is 0.835. The van der Waals surface area contributed by atoms with Crippen LogP contribution in [0.4, 0.5) is 8.78 Å². The summed E-state index contributed by atoms with van der Waals surface area (Å²) in [7, 11) is -4.56. The number of halogens is 2. The lowest BCUT2D eigenvalue weighted by Gasteiger charge is -2.05. The van der Waals surface area contributed by atoms with E-state index in [1.54, 1.807) is 4.68 Å². The highest BCUT2D eigenvalue weighted by molar-refractivity contribution is 7.99. The van der Waals surface area contributed by atoms with Crippen molar-refractivity contribution in [3.63, 3.8) is 0 Å². The predicted octanol–water partition coefficient (Wildman–Crippen LogP) is 2.16. The summed E-state index contributed by atoms with van der Waals surface area (Å²) in [5, 5.41) is 12.0. The van der Waals surface area contributed by atoms with Crippen molar-refractivity contribution in [1.29, 1.82) is 0 Å². The molecule has 0 saturated heterocycles. The highest BCUT2D eigenvalue weighted by Gasteiger charge is 2.28. The summed E-state index contributed by atoms with van der Waals surface area (Å²) in [6, 6.07) is 5.57. The van der Waals surface area contributed by atoms with E-state index < -0.39 is 20.5 Å². The van der Waals surface area contributed by atoms with Crippen LogP contribution in [-0.2, 0) is 9.84 Å². The van der Waals surface area contributed by atoms with Gasteiger partial charge in [-0.2, -0.15) is 8.78 Å². The summed E-state index contributed by atoms with van der Waals surface area (Å²) < 4.78 is 49.2. The molecule has 1 saturated carbocycles. The van der Waals surface area contributed by atoms with Crippen LogP contribution < -0.4 is 0 Å². The number of hydrogen-bond acceptors (Lipinski definition) is 6. The molecule has 1 fully saturated rings. The van der Waals surface area contributed by atoms with Gasteiger partial charge in [0.15, 0.2) is 0 Å². The maximum Gasteiger partial charge on any atom is 0.341 e. The molecule has 0 atom stereocenters. The number of benzene rings is 1. The van der Waals surface area contributed by atoms with E-state index in [1.807, 2.05) is 0 Å². The fraction of sp³-hybridized carbons (Fsp3) is 0.364. The number of nitrogens with zero attached hydrogens (tertiary/aromatic N) is 4. The molecule has 10 heteroatoms. The molecule has 1 aliphatic rings. The van der Waals surface area contributed by atoms with Crippen LogP contribution in [0.3, 0.4) is 0 Å². The van der Waals surface area contributed by atoms with Crippen molar-refractivity contribution in [3.8, 4) is 0 Å². The largest absolute Gasteiger partial charge is 0.341 e. The van der Waals surface area contributed by atoms with Crippen molar-refractivity contribution < 1.29 is 17.2 Å². The molecule has 1 aromatic carbocycles. The minimum atomic E-state index is -4.56. The Morgan fingerprint density at radius 1 is 1.24 bits per heavy atom. The number of sulfone groups is 1. The van der Waals surface area contributed by atoms with E-state index in [-0.39, 0.29) is 0 Å². The number of aromatic nitrogens is 4. The van der Waals surface area contributed by atoms with Crippen molar-refractivity contribution >= 4 is 21.6 Å². The molecule has 0 spiro atoms. The first-order valence-electron chi connectivity index (χ1n) is 6.06. The molecule has 0 unspecified atom stereocenters. The molecule has 0 aliphatic heterocycles. The lowest BCUT2D eigenvalue weighted by atomic mass is 10.4. The van der Waals surface area contributed by atoms with Gasteiger partial charge in [-0.25, -0.2) is 13.1 Å². The molecule has 1 aliphatic carbocycles. The van der Waals surface area contributed by atoms with Crippen LogP contribution in [0.15, 0.2) is 39.2 Å². The summed E-state index contributed by atoms with van der Waals surface area (Å²) in [5.74, 6) is -3.42.